The van der Waals surface area contributed by atoms with Gasteiger partial charge in [0, 0.05) is 11.2 Å². The van der Waals surface area contributed by atoms with Crippen molar-refractivity contribution in [2.45, 2.75) is 14.7 Å². The van der Waals surface area contributed by atoms with Crippen LogP contribution < -0.4 is 0 Å². The van der Waals surface area contributed by atoms with Crippen molar-refractivity contribution in [1.82, 2.24) is 0 Å². The lowest BCUT2D eigenvalue weighted by Crippen LogP contribution is -1.96. The Morgan fingerprint density at radius 1 is 1.10 bits per heavy atom. The largest absolute Gasteiger partial charge is 0.224 e. The zero-order valence-corrected chi connectivity index (χ0v) is 12.4. The van der Waals surface area contributed by atoms with Crippen molar-refractivity contribution in [1.29, 1.82) is 5.26 Å². The van der Waals surface area contributed by atoms with Gasteiger partial charge in [0.1, 0.15) is 11.6 Å². The molecule has 3 nitrogen and oxygen atoms in total. The fourth-order valence-corrected chi connectivity index (χ4v) is 3.05. The third-order valence-corrected chi connectivity index (χ3v) is 4.83. The molecule has 108 valence electrons. The Bertz CT molecular complexity index is 802. The fourth-order valence-electron chi connectivity index (χ4n) is 1.59. The van der Waals surface area contributed by atoms with E-state index in [9.17, 15) is 17.2 Å². The lowest BCUT2D eigenvalue weighted by molar-refractivity contribution is 0.540. The van der Waals surface area contributed by atoms with Gasteiger partial charge in [-0.05, 0) is 36.4 Å². The molecule has 2 aromatic rings. The minimum absolute atomic E-state index is 0.0956. The summed E-state index contributed by atoms with van der Waals surface area (Å²) in [6.07, 6.45) is 1.08. The van der Waals surface area contributed by atoms with E-state index in [1.54, 1.807) is 6.07 Å². The number of halogens is 2. The van der Waals surface area contributed by atoms with Crippen LogP contribution in [0.3, 0.4) is 0 Å². The molecule has 0 unspecified atom stereocenters. The van der Waals surface area contributed by atoms with E-state index < -0.39 is 21.5 Å². The standard InChI is InChI=1S/C14H9F2NO2S2/c1-21(18,19)11-4-2-10(3-5-11)20-14-12(15)6-9(8-17)7-13(14)16/h2-7H,1H3. The van der Waals surface area contributed by atoms with Gasteiger partial charge < -0.3 is 0 Å². The van der Waals surface area contributed by atoms with Gasteiger partial charge in [-0.3, -0.25) is 0 Å². The molecule has 7 heteroatoms. The first-order chi connectivity index (χ1) is 9.81. The Labute approximate surface area is 125 Å². The first-order valence-electron chi connectivity index (χ1n) is 5.68. The molecular weight excluding hydrogens is 316 g/mol. The summed E-state index contributed by atoms with van der Waals surface area (Å²) >= 11 is 0.825. The maximum absolute atomic E-state index is 13.7. The Morgan fingerprint density at radius 2 is 1.62 bits per heavy atom. The second kappa shape index (κ2) is 5.84. The maximum Gasteiger partial charge on any atom is 0.175 e. The zero-order chi connectivity index (χ0) is 15.6. The summed E-state index contributed by atoms with van der Waals surface area (Å²) in [7, 11) is -3.31. The molecule has 0 fully saturated rings. The van der Waals surface area contributed by atoms with Crippen LogP contribution >= 0.6 is 11.8 Å². The van der Waals surface area contributed by atoms with E-state index in [2.05, 4.69) is 0 Å². The minimum atomic E-state index is -3.31. The number of sulfone groups is 1. The molecule has 0 aliphatic heterocycles. The van der Waals surface area contributed by atoms with Crippen LogP contribution in [-0.2, 0) is 9.84 Å². The van der Waals surface area contributed by atoms with Gasteiger partial charge in [-0.2, -0.15) is 5.26 Å². The zero-order valence-electron chi connectivity index (χ0n) is 10.8. The van der Waals surface area contributed by atoms with Crippen LogP contribution in [0.4, 0.5) is 8.78 Å². The SMILES string of the molecule is CS(=O)(=O)c1ccc(Sc2c(F)cc(C#N)cc2F)cc1. The molecule has 0 bridgehead atoms. The molecule has 0 aliphatic rings. The Balaban J connectivity index is 2.33. The van der Waals surface area contributed by atoms with Crippen LogP contribution in [0.15, 0.2) is 51.1 Å². The summed E-state index contributed by atoms with van der Waals surface area (Å²) in [4.78, 5) is 0.388. The third kappa shape index (κ3) is 3.60. The highest BCUT2D eigenvalue weighted by molar-refractivity contribution is 7.99. The first-order valence-corrected chi connectivity index (χ1v) is 8.39. The number of benzene rings is 2. The molecule has 0 spiro atoms. The van der Waals surface area contributed by atoms with Crippen molar-refractivity contribution in [3.8, 4) is 6.07 Å². The van der Waals surface area contributed by atoms with Gasteiger partial charge in [0.25, 0.3) is 0 Å². The normalized spacial score (nSPS) is 11.1. The van der Waals surface area contributed by atoms with Crippen LogP contribution in [0.2, 0.25) is 0 Å². The second-order valence-electron chi connectivity index (χ2n) is 4.23. The van der Waals surface area contributed by atoms with E-state index in [0.29, 0.717) is 4.90 Å². The van der Waals surface area contributed by atoms with E-state index in [0.717, 1.165) is 30.2 Å². The number of nitriles is 1. The molecular formula is C14H9F2NO2S2. The highest BCUT2D eigenvalue weighted by Gasteiger charge is 2.13. The quantitative estimate of drug-likeness (QED) is 0.868. The molecule has 0 aromatic heterocycles. The van der Waals surface area contributed by atoms with E-state index in [4.69, 9.17) is 5.26 Å². The van der Waals surface area contributed by atoms with Crippen molar-refractivity contribution in [2.75, 3.05) is 6.26 Å². The highest BCUT2D eigenvalue weighted by Crippen LogP contribution is 2.33. The molecule has 0 N–H and O–H groups in total. The van der Waals surface area contributed by atoms with Crippen LogP contribution in [0.1, 0.15) is 5.56 Å². The van der Waals surface area contributed by atoms with Crippen molar-refractivity contribution in [3.63, 3.8) is 0 Å². The number of rotatable bonds is 3. The third-order valence-electron chi connectivity index (χ3n) is 2.60. The lowest BCUT2D eigenvalue weighted by Gasteiger charge is -2.06. The van der Waals surface area contributed by atoms with Gasteiger partial charge in [-0.15, -0.1) is 0 Å². The average molecular weight is 325 g/mol. The molecule has 0 heterocycles. The van der Waals surface area contributed by atoms with Crippen LogP contribution in [0.25, 0.3) is 0 Å². The van der Waals surface area contributed by atoms with Crippen LogP contribution in [0.5, 0.6) is 0 Å². The summed E-state index contributed by atoms with van der Waals surface area (Å²) in [5, 5.41) is 8.63. The van der Waals surface area contributed by atoms with Gasteiger partial charge in [0.05, 0.1) is 21.4 Å². The highest BCUT2D eigenvalue weighted by atomic mass is 32.2. The monoisotopic (exact) mass is 325 g/mol. The second-order valence-corrected chi connectivity index (χ2v) is 7.33. The molecule has 0 radical (unpaired) electrons. The fraction of sp³-hybridized carbons (Fsp3) is 0.0714. The Morgan fingerprint density at radius 3 is 2.05 bits per heavy atom. The smallest absolute Gasteiger partial charge is 0.175 e. The summed E-state index contributed by atoms with van der Waals surface area (Å²) in [5.74, 6) is -1.66. The van der Waals surface area contributed by atoms with Crippen molar-refractivity contribution < 1.29 is 17.2 Å². The predicted octanol–water partition coefficient (Wildman–Crippen LogP) is 3.39. The van der Waals surface area contributed by atoms with Crippen molar-refractivity contribution in [3.05, 3.63) is 53.6 Å². The average Bonchev–Trinajstić information content (AvgIpc) is 2.42. The molecule has 0 saturated carbocycles. The number of hydrogen-bond donors (Lipinski definition) is 0. The maximum atomic E-state index is 13.7. The van der Waals surface area contributed by atoms with Crippen LogP contribution in [0, 0.1) is 23.0 Å². The van der Waals surface area contributed by atoms with E-state index >= 15 is 0 Å². The molecule has 2 rings (SSSR count). The van der Waals surface area contributed by atoms with E-state index in [-0.39, 0.29) is 15.4 Å². The minimum Gasteiger partial charge on any atom is -0.224 e. The Hall–Kier alpha value is -1.91. The van der Waals surface area contributed by atoms with Crippen molar-refractivity contribution in [2.24, 2.45) is 0 Å². The molecule has 0 amide bonds. The van der Waals surface area contributed by atoms with Gasteiger partial charge in [-0.1, -0.05) is 11.8 Å². The first kappa shape index (κ1) is 15.5. The van der Waals surface area contributed by atoms with Gasteiger partial charge in [-0.25, -0.2) is 17.2 Å². The summed E-state index contributed by atoms with van der Waals surface area (Å²) in [6, 6.07) is 9.26. The topological polar surface area (TPSA) is 57.9 Å². The molecule has 0 saturated heterocycles. The molecule has 0 aliphatic carbocycles. The number of hydrogen-bond acceptors (Lipinski definition) is 4. The predicted molar refractivity (Wildman–Crippen MR) is 74.7 cm³/mol. The van der Waals surface area contributed by atoms with Gasteiger partial charge in [0.15, 0.2) is 9.84 Å². The lowest BCUT2D eigenvalue weighted by atomic mass is 10.2. The molecule has 0 atom stereocenters. The van der Waals surface area contributed by atoms with E-state index in [1.165, 1.54) is 24.3 Å². The number of nitrogens with zero attached hydrogens (tertiary/aromatic N) is 1. The summed E-state index contributed by atoms with van der Waals surface area (Å²) < 4.78 is 50.1. The summed E-state index contributed by atoms with van der Waals surface area (Å²) in [6.45, 7) is 0. The molecule has 21 heavy (non-hydrogen) atoms. The Kier molecular flexibility index (Phi) is 4.30. The molecule has 2 aromatic carbocycles. The van der Waals surface area contributed by atoms with E-state index in [1.807, 2.05) is 0 Å². The summed E-state index contributed by atoms with van der Waals surface area (Å²) in [5.41, 5.74) is -0.0956. The van der Waals surface area contributed by atoms with Gasteiger partial charge >= 0.3 is 0 Å². The van der Waals surface area contributed by atoms with Crippen molar-refractivity contribution >= 4 is 21.6 Å². The van der Waals surface area contributed by atoms with Gasteiger partial charge in [0.2, 0.25) is 0 Å². The van der Waals surface area contributed by atoms with Crippen LogP contribution in [-0.4, -0.2) is 14.7 Å².